The lowest BCUT2D eigenvalue weighted by Crippen LogP contribution is -2.20. The van der Waals surface area contributed by atoms with Crippen molar-refractivity contribution in [2.45, 2.75) is 0 Å². The molecule has 0 aliphatic heterocycles. The Morgan fingerprint density at radius 2 is 1.95 bits per heavy atom. The number of hydrogen-bond acceptors (Lipinski definition) is 5. The van der Waals surface area contributed by atoms with Gasteiger partial charge in [0.25, 0.3) is 0 Å². The Kier molecular flexibility index (Phi) is 4.65. The van der Waals surface area contributed by atoms with Crippen LogP contribution in [0.1, 0.15) is 0 Å². The van der Waals surface area contributed by atoms with E-state index in [4.69, 9.17) is 0 Å². The number of carbonyl (C=O) groups is 2. The SMILES string of the molecule is O=C([O-])C=CC(=O)Nc1nc(-c2ccc(Br)cc2)cs1. The van der Waals surface area contributed by atoms with Crippen molar-refractivity contribution >= 4 is 44.3 Å². The fourth-order valence-electron chi connectivity index (χ4n) is 1.38. The molecule has 1 aromatic heterocycles. The van der Waals surface area contributed by atoms with Gasteiger partial charge in [0.05, 0.1) is 11.7 Å². The molecule has 1 N–H and O–H groups in total. The number of aliphatic carboxylic acids is 1. The molecule has 7 heteroatoms. The van der Waals surface area contributed by atoms with E-state index in [0.29, 0.717) is 11.2 Å². The summed E-state index contributed by atoms with van der Waals surface area (Å²) in [6, 6.07) is 7.60. The zero-order chi connectivity index (χ0) is 14.5. The van der Waals surface area contributed by atoms with Crippen molar-refractivity contribution in [2.75, 3.05) is 5.32 Å². The molecule has 20 heavy (non-hydrogen) atoms. The van der Waals surface area contributed by atoms with Gasteiger partial charge in [-0.15, -0.1) is 11.3 Å². The second-order valence-electron chi connectivity index (χ2n) is 3.69. The topological polar surface area (TPSA) is 82.1 Å². The van der Waals surface area contributed by atoms with E-state index in [2.05, 4.69) is 26.2 Å². The Balaban J connectivity index is 2.07. The first kappa shape index (κ1) is 14.4. The van der Waals surface area contributed by atoms with Gasteiger partial charge in [0.1, 0.15) is 0 Å². The second-order valence-corrected chi connectivity index (χ2v) is 5.46. The first-order valence-electron chi connectivity index (χ1n) is 5.46. The monoisotopic (exact) mass is 351 g/mol. The summed E-state index contributed by atoms with van der Waals surface area (Å²) >= 11 is 4.61. The molecule has 1 aromatic carbocycles. The molecule has 1 heterocycles. The van der Waals surface area contributed by atoms with Crippen LogP contribution in [0.2, 0.25) is 0 Å². The molecule has 0 unspecified atom stereocenters. The van der Waals surface area contributed by atoms with E-state index in [1.165, 1.54) is 11.3 Å². The molecule has 0 atom stereocenters. The van der Waals surface area contributed by atoms with Crippen LogP contribution in [0.15, 0.2) is 46.3 Å². The summed E-state index contributed by atoms with van der Waals surface area (Å²) in [5.41, 5.74) is 1.66. The molecular weight excluding hydrogens is 344 g/mol. The molecule has 1 amide bonds. The fraction of sp³-hybridized carbons (Fsp3) is 0. The lowest BCUT2D eigenvalue weighted by atomic mass is 10.2. The summed E-state index contributed by atoms with van der Waals surface area (Å²) in [5, 5.41) is 14.9. The Morgan fingerprint density at radius 3 is 2.60 bits per heavy atom. The van der Waals surface area contributed by atoms with Crippen LogP contribution in [0, 0.1) is 0 Å². The number of carbonyl (C=O) groups excluding carboxylic acids is 2. The third-order valence-corrected chi connectivity index (χ3v) is 3.53. The minimum atomic E-state index is -1.42. The van der Waals surface area contributed by atoms with Crippen molar-refractivity contribution in [3.05, 3.63) is 46.3 Å². The van der Waals surface area contributed by atoms with Crippen LogP contribution < -0.4 is 10.4 Å². The molecule has 2 rings (SSSR count). The third kappa shape index (κ3) is 4.01. The standard InChI is InChI=1S/C13H9BrN2O3S/c14-9-3-1-8(2-4-9)10-7-20-13(15-10)16-11(17)5-6-12(18)19/h1-7H,(H,18,19)(H,15,16,17)/p-1. The predicted molar refractivity (Wildman–Crippen MR) is 78.0 cm³/mol. The first-order valence-corrected chi connectivity index (χ1v) is 7.13. The van der Waals surface area contributed by atoms with Gasteiger partial charge in [-0.2, -0.15) is 0 Å². The number of rotatable bonds is 4. The van der Waals surface area contributed by atoms with E-state index in [0.717, 1.165) is 21.8 Å². The quantitative estimate of drug-likeness (QED) is 0.851. The molecule has 0 fully saturated rings. The van der Waals surface area contributed by atoms with E-state index in [-0.39, 0.29) is 0 Å². The van der Waals surface area contributed by atoms with Gasteiger partial charge in [-0.25, -0.2) is 4.98 Å². The highest BCUT2D eigenvalue weighted by Crippen LogP contribution is 2.25. The van der Waals surface area contributed by atoms with Gasteiger partial charge >= 0.3 is 0 Å². The molecule has 102 valence electrons. The lowest BCUT2D eigenvalue weighted by molar-refractivity contribution is -0.297. The Morgan fingerprint density at radius 1 is 1.25 bits per heavy atom. The summed E-state index contributed by atoms with van der Waals surface area (Å²) < 4.78 is 0.970. The summed E-state index contributed by atoms with van der Waals surface area (Å²) in [6.45, 7) is 0. The average Bonchev–Trinajstić information content (AvgIpc) is 2.85. The van der Waals surface area contributed by atoms with Gasteiger partial charge in [-0.05, 0) is 18.2 Å². The number of carboxylic acid groups (broad SMARTS) is 1. The summed E-state index contributed by atoms with van der Waals surface area (Å²) in [4.78, 5) is 25.8. The largest absolute Gasteiger partial charge is 0.545 e. The van der Waals surface area contributed by atoms with Gasteiger partial charge in [-0.3, -0.25) is 10.1 Å². The molecule has 0 aliphatic rings. The van der Waals surface area contributed by atoms with E-state index in [1.807, 2.05) is 24.3 Å². The van der Waals surface area contributed by atoms with Crippen molar-refractivity contribution in [2.24, 2.45) is 0 Å². The molecule has 0 spiro atoms. The summed E-state index contributed by atoms with van der Waals surface area (Å²) in [6.07, 6.45) is 1.55. The molecule has 0 saturated carbocycles. The number of anilines is 1. The Bertz CT molecular complexity index is 665. The molecule has 0 saturated heterocycles. The number of thiazole rings is 1. The molecule has 0 bridgehead atoms. The first-order chi connectivity index (χ1) is 9.54. The number of carboxylic acids is 1. The minimum absolute atomic E-state index is 0.399. The second kappa shape index (κ2) is 6.44. The van der Waals surface area contributed by atoms with Crippen LogP contribution in [-0.4, -0.2) is 16.9 Å². The Hall–Kier alpha value is -1.99. The maximum absolute atomic E-state index is 11.4. The van der Waals surface area contributed by atoms with Gasteiger partial charge in [0.15, 0.2) is 5.13 Å². The molecular formula is C13H8BrN2O3S-. The highest BCUT2D eigenvalue weighted by atomic mass is 79.9. The highest BCUT2D eigenvalue weighted by Gasteiger charge is 2.06. The smallest absolute Gasteiger partial charge is 0.250 e. The minimum Gasteiger partial charge on any atom is -0.545 e. The number of nitrogens with one attached hydrogen (secondary N) is 1. The van der Waals surface area contributed by atoms with Gasteiger partial charge in [0, 0.05) is 21.5 Å². The summed E-state index contributed by atoms with van der Waals surface area (Å²) in [7, 11) is 0. The number of nitrogens with zero attached hydrogens (tertiary/aromatic N) is 1. The average molecular weight is 352 g/mol. The van der Waals surface area contributed by atoms with Crippen molar-refractivity contribution in [1.29, 1.82) is 0 Å². The van der Waals surface area contributed by atoms with Crippen LogP contribution in [0.4, 0.5) is 5.13 Å². The van der Waals surface area contributed by atoms with Crippen molar-refractivity contribution < 1.29 is 14.7 Å². The van der Waals surface area contributed by atoms with Gasteiger partial charge < -0.3 is 9.90 Å². The van der Waals surface area contributed by atoms with E-state index < -0.39 is 11.9 Å². The van der Waals surface area contributed by atoms with Crippen molar-refractivity contribution in [3.8, 4) is 11.3 Å². The van der Waals surface area contributed by atoms with E-state index in [9.17, 15) is 14.7 Å². The van der Waals surface area contributed by atoms with Gasteiger partial charge in [0.2, 0.25) is 5.91 Å². The lowest BCUT2D eigenvalue weighted by Gasteiger charge is -1.97. The fourth-order valence-corrected chi connectivity index (χ4v) is 2.36. The number of halogens is 1. The maximum atomic E-state index is 11.4. The number of hydrogen-bond donors (Lipinski definition) is 1. The maximum Gasteiger partial charge on any atom is 0.250 e. The van der Waals surface area contributed by atoms with Crippen molar-refractivity contribution in [3.63, 3.8) is 0 Å². The molecule has 2 aromatic rings. The van der Waals surface area contributed by atoms with Crippen LogP contribution >= 0.6 is 27.3 Å². The molecule has 0 radical (unpaired) electrons. The van der Waals surface area contributed by atoms with E-state index >= 15 is 0 Å². The third-order valence-electron chi connectivity index (χ3n) is 2.25. The van der Waals surface area contributed by atoms with Crippen LogP contribution in [0.3, 0.4) is 0 Å². The highest BCUT2D eigenvalue weighted by molar-refractivity contribution is 9.10. The van der Waals surface area contributed by atoms with Crippen LogP contribution in [-0.2, 0) is 9.59 Å². The predicted octanol–water partition coefficient (Wildman–Crippen LogP) is 1.82. The van der Waals surface area contributed by atoms with E-state index in [1.54, 1.807) is 5.38 Å². The zero-order valence-electron chi connectivity index (χ0n) is 10.00. The number of amides is 1. The normalized spacial score (nSPS) is 10.7. The number of benzene rings is 1. The van der Waals surface area contributed by atoms with Crippen molar-refractivity contribution in [1.82, 2.24) is 4.98 Å². The van der Waals surface area contributed by atoms with Crippen LogP contribution in [0.5, 0.6) is 0 Å². The van der Waals surface area contributed by atoms with Crippen LogP contribution in [0.25, 0.3) is 11.3 Å². The Labute approximate surface area is 127 Å². The molecule has 0 aliphatic carbocycles. The zero-order valence-corrected chi connectivity index (χ0v) is 12.4. The molecule has 5 nitrogen and oxygen atoms in total. The number of aromatic nitrogens is 1. The van der Waals surface area contributed by atoms with Gasteiger partial charge in [-0.1, -0.05) is 28.1 Å². The summed E-state index contributed by atoms with van der Waals surface area (Å²) in [5.74, 6) is -1.99.